The first-order chi connectivity index (χ1) is 11.1. The minimum Gasteiger partial charge on any atom is -0.496 e. The number of carbonyl (C=O) groups is 1. The number of thiazole rings is 1. The highest BCUT2D eigenvalue weighted by atomic mass is 35.5. The summed E-state index contributed by atoms with van der Waals surface area (Å²) in [6.45, 7) is 0.849. The number of halogens is 2. The molecule has 122 valence electrons. The minimum absolute atomic E-state index is 0.347. The van der Waals surface area contributed by atoms with Crippen LogP contribution in [0.5, 0.6) is 5.75 Å². The molecular formula is C16H16Cl2N2O2S. The molecule has 1 amide bonds. The van der Waals surface area contributed by atoms with Crippen LogP contribution in [0, 0.1) is 5.92 Å². The van der Waals surface area contributed by atoms with E-state index in [4.69, 9.17) is 27.9 Å². The lowest BCUT2D eigenvalue weighted by Crippen LogP contribution is -2.24. The average Bonchev–Trinajstić information content (AvgIpc) is 2.82. The van der Waals surface area contributed by atoms with Crippen LogP contribution in [-0.4, -0.2) is 17.6 Å². The quantitative estimate of drug-likeness (QED) is 0.799. The topological polar surface area (TPSA) is 43.6 Å². The number of carbonyl (C=O) groups excluding carboxylic acids is 1. The largest absolute Gasteiger partial charge is 0.496 e. The molecule has 23 heavy (non-hydrogen) atoms. The van der Waals surface area contributed by atoms with E-state index in [1.165, 1.54) is 37.7 Å². The monoisotopic (exact) mass is 370 g/mol. The lowest BCUT2D eigenvalue weighted by atomic mass is 9.85. The molecule has 1 heterocycles. The molecule has 7 heteroatoms. The standard InChI is InChI=1S/C16H16Cl2N2O2S/c1-22-13-6-5-11(17)7-12(13)15(21)19-16-20(9-14(18)23-16)8-10-3-2-4-10/h5-7,9-10H,2-4,8H2,1H3/b19-16-. The summed E-state index contributed by atoms with van der Waals surface area (Å²) in [5.41, 5.74) is 0.347. The molecule has 1 aliphatic rings. The Hall–Kier alpha value is -1.30. The highest BCUT2D eigenvalue weighted by Crippen LogP contribution is 2.28. The van der Waals surface area contributed by atoms with Gasteiger partial charge in [-0.2, -0.15) is 4.99 Å². The maximum Gasteiger partial charge on any atom is 0.283 e. The molecule has 1 aromatic heterocycles. The van der Waals surface area contributed by atoms with Crippen molar-refractivity contribution < 1.29 is 9.53 Å². The Balaban J connectivity index is 1.94. The molecule has 0 atom stereocenters. The van der Waals surface area contributed by atoms with E-state index in [2.05, 4.69) is 4.99 Å². The molecule has 1 aromatic carbocycles. The van der Waals surface area contributed by atoms with Crippen LogP contribution in [0.15, 0.2) is 29.4 Å². The van der Waals surface area contributed by atoms with E-state index in [-0.39, 0.29) is 5.91 Å². The molecule has 1 fully saturated rings. The molecule has 0 radical (unpaired) electrons. The number of hydrogen-bond acceptors (Lipinski definition) is 3. The van der Waals surface area contributed by atoms with E-state index in [9.17, 15) is 4.79 Å². The van der Waals surface area contributed by atoms with E-state index in [1.54, 1.807) is 18.2 Å². The number of ether oxygens (including phenoxy) is 1. The highest BCUT2D eigenvalue weighted by molar-refractivity contribution is 7.13. The summed E-state index contributed by atoms with van der Waals surface area (Å²) in [4.78, 5) is 17.4. The zero-order chi connectivity index (χ0) is 16.4. The molecule has 1 aliphatic carbocycles. The van der Waals surface area contributed by atoms with Crippen molar-refractivity contribution >= 4 is 40.4 Å². The third-order valence-electron chi connectivity index (χ3n) is 3.96. The van der Waals surface area contributed by atoms with Gasteiger partial charge in [-0.25, -0.2) is 0 Å². The lowest BCUT2D eigenvalue weighted by molar-refractivity contribution is 0.0994. The van der Waals surface area contributed by atoms with Crippen molar-refractivity contribution in [3.63, 3.8) is 0 Å². The Morgan fingerprint density at radius 3 is 2.87 bits per heavy atom. The number of hydrogen-bond donors (Lipinski definition) is 0. The van der Waals surface area contributed by atoms with Crippen LogP contribution in [0.2, 0.25) is 9.36 Å². The molecule has 4 nitrogen and oxygen atoms in total. The molecular weight excluding hydrogens is 355 g/mol. The van der Waals surface area contributed by atoms with Crippen molar-refractivity contribution in [1.82, 2.24) is 4.57 Å². The van der Waals surface area contributed by atoms with Crippen LogP contribution in [-0.2, 0) is 6.54 Å². The van der Waals surface area contributed by atoms with Crippen LogP contribution in [0.3, 0.4) is 0 Å². The first kappa shape index (κ1) is 16.6. The number of rotatable bonds is 4. The Morgan fingerprint density at radius 2 is 2.22 bits per heavy atom. The zero-order valence-electron chi connectivity index (χ0n) is 12.6. The first-order valence-electron chi connectivity index (χ1n) is 7.35. The number of amides is 1. The molecule has 0 spiro atoms. The van der Waals surface area contributed by atoms with Crippen LogP contribution in [0.1, 0.15) is 29.6 Å². The second-order valence-corrected chi connectivity index (χ2v) is 7.61. The summed E-state index contributed by atoms with van der Waals surface area (Å²) in [6, 6.07) is 4.91. The van der Waals surface area contributed by atoms with Gasteiger partial charge in [0.15, 0.2) is 4.80 Å². The summed E-state index contributed by atoms with van der Waals surface area (Å²) < 4.78 is 7.80. The van der Waals surface area contributed by atoms with Gasteiger partial charge < -0.3 is 9.30 Å². The second-order valence-electron chi connectivity index (χ2n) is 5.53. The minimum atomic E-state index is -0.384. The predicted octanol–water partition coefficient (Wildman–Crippen LogP) is 4.41. The summed E-state index contributed by atoms with van der Waals surface area (Å²) in [7, 11) is 1.51. The summed E-state index contributed by atoms with van der Waals surface area (Å²) in [5, 5.41) is 0.468. The molecule has 1 saturated carbocycles. The number of benzene rings is 1. The van der Waals surface area contributed by atoms with Gasteiger partial charge >= 0.3 is 0 Å². The first-order valence-corrected chi connectivity index (χ1v) is 8.92. The van der Waals surface area contributed by atoms with E-state index in [1.807, 2.05) is 10.8 Å². The second kappa shape index (κ2) is 7.07. The van der Waals surface area contributed by atoms with Gasteiger partial charge in [-0.05, 0) is 37.0 Å². The number of methoxy groups -OCH3 is 1. The third kappa shape index (κ3) is 3.79. The SMILES string of the molecule is COc1ccc(Cl)cc1C(=O)/N=c1\sc(Cl)cn1CC1CCC1. The van der Waals surface area contributed by atoms with Gasteiger partial charge in [0.25, 0.3) is 5.91 Å². The van der Waals surface area contributed by atoms with E-state index in [0.29, 0.717) is 31.4 Å². The molecule has 0 saturated heterocycles. The van der Waals surface area contributed by atoms with Crippen LogP contribution < -0.4 is 9.54 Å². The van der Waals surface area contributed by atoms with E-state index in [0.717, 1.165) is 6.54 Å². The van der Waals surface area contributed by atoms with Gasteiger partial charge in [-0.3, -0.25) is 4.79 Å². The average molecular weight is 371 g/mol. The smallest absolute Gasteiger partial charge is 0.283 e. The molecule has 3 rings (SSSR count). The Labute approximate surface area is 148 Å². The molecule has 0 bridgehead atoms. The van der Waals surface area contributed by atoms with Crippen LogP contribution in [0.25, 0.3) is 0 Å². The molecule has 0 aliphatic heterocycles. The normalized spacial score (nSPS) is 15.5. The summed E-state index contributed by atoms with van der Waals surface area (Å²) in [5.74, 6) is 0.719. The molecule has 0 N–H and O–H groups in total. The maximum absolute atomic E-state index is 12.5. The van der Waals surface area contributed by atoms with Crippen molar-refractivity contribution in [3.05, 3.63) is 44.1 Å². The Morgan fingerprint density at radius 1 is 1.43 bits per heavy atom. The van der Waals surface area contributed by atoms with Gasteiger partial charge in [0, 0.05) is 17.8 Å². The summed E-state index contributed by atoms with van der Waals surface area (Å²) >= 11 is 13.4. The highest BCUT2D eigenvalue weighted by Gasteiger charge is 2.19. The molecule has 0 unspecified atom stereocenters. The predicted molar refractivity (Wildman–Crippen MR) is 92.6 cm³/mol. The van der Waals surface area contributed by atoms with E-state index >= 15 is 0 Å². The van der Waals surface area contributed by atoms with Gasteiger partial charge in [0.2, 0.25) is 0 Å². The van der Waals surface area contributed by atoms with Gasteiger partial charge in [-0.1, -0.05) is 41.0 Å². The lowest BCUT2D eigenvalue weighted by Gasteiger charge is -2.25. The Bertz CT molecular complexity index is 794. The number of nitrogens with zero attached hydrogens (tertiary/aromatic N) is 2. The zero-order valence-corrected chi connectivity index (χ0v) is 14.9. The van der Waals surface area contributed by atoms with Crippen LogP contribution in [0.4, 0.5) is 0 Å². The van der Waals surface area contributed by atoms with Gasteiger partial charge in [-0.15, -0.1) is 0 Å². The third-order valence-corrected chi connectivity index (χ3v) is 5.33. The maximum atomic E-state index is 12.5. The van der Waals surface area contributed by atoms with Crippen molar-refractivity contribution in [3.8, 4) is 5.75 Å². The van der Waals surface area contributed by atoms with Crippen molar-refractivity contribution in [2.24, 2.45) is 10.9 Å². The van der Waals surface area contributed by atoms with Crippen molar-refractivity contribution in [1.29, 1.82) is 0 Å². The fourth-order valence-electron chi connectivity index (χ4n) is 2.52. The number of aromatic nitrogens is 1. The fraction of sp³-hybridized carbons (Fsp3) is 0.375. The molecule has 2 aromatic rings. The van der Waals surface area contributed by atoms with Crippen molar-refractivity contribution in [2.45, 2.75) is 25.8 Å². The Kier molecular flexibility index (Phi) is 5.09. The van der Waals surface area contributed by atoms with E-state index < -0.39 is 0 Å². The van der Waals surface area contributed by atoms with Crippen LogP contribution >= 0.6 is 34.5 Å². The summed E-state index contributed by atoms with van der Waals surface area (Å²) in [6.07, 6.45) is 5.55. The van der Waals surface area contributed by atoms with Crippen molar-refractivity contribution in [2.75, 3.05) is 7.11 Å². The van der Waals surface area contributed by atoms with Gasteiger partial charge in [0.1, 0.15) is 10.1 Å². The van der Waals surface area contributed by atoms with Gasteiger partial charge in [0.05, 0.1) is 12.7 Å². The fourth-order valence-corrected chi connectivity index (χ4v) is 3.74.